The Labute approximate surface area is 214 Å². The van der Waals surface area contributed by atoms with Gasteiger partial charge in [-0.25, -0.2) is 0 Å². The maximum Gasteiger partial charge on any atom is 0.255 e. The van der Waals surface area contributed by atoms with Crippen molar-refractivity contribution in [3.05, 3.63) is 58.5 Å². The van der Waals surface area contributed by atoms with Gasteiger partial charge < -0.3 is 29.8 Å². The zero-order valence-corrected chi connectivity index (χ0v) is 20.9. The molecule has 6 rings (SSSR count). The Morgan fingerprint density at radius 1 is 1.28 bits per heavy atom. The summed E-state index contributed by atoms with van der Waals surface area (Å²) < 4.78 is 17.4. The normalized spacial score (nSPS) is 20.1. The average Bonchev–Trinajstić information content (AvgIpc) is 3.58. The van der Waals surface area contributed by atoms with Gasteiger partial charge in [-0.15, -0.1) is 0 Å². The Hall–Kier alpha value is -3.07. The Bertz CT molecular complexity index is 1300. The molecular formula is C27H29ClN4O4. The number of ether oxygens (including phenoxy) is 3. The zero-order valence-electron chi connectivity index (χ0n) is 20.2. The van der Waals surface area contributed by atoms with E-state index >= 15 is 0 Å². The second-order valence-corrected chi connectivity index (χ2v) is 9.99. The summed E-state index contributed by atoms with van der Waals surface area (Å²) >= 11 is 6.52. The molecule has 0 radical (unpaired) electrons. The lowest BCUT2D eigenvalue weighted by molar-refractivity contribution is -0.101. The molecule has 0 unspecified atom stereocenters. The van der Waals surface area contributed by atoms with E-state index in [2.05, 4.69) is 27.5 Å². The van der Waals surface area contributed by atoms with E-state index < -0.39 is 0 Å². The van der Waals surface area contributed by atoms with Crippen molar-refractivity contribution < 1.29 is 19.0 Å². The summed E-state index contributed by atoms with van der Waals surface area (Å²) in [6.45, 7) is 4.72. The number of rotatable bonds is 7. The van der Waals surface area contributed by atoms with Gasteiger partial charge in [0.05, 0.1) is 43.0 Å². The number of aromatic amines is 1. The van der Waals surface area contributed by atoms with Crippen molar-refractivity contribution in [2.24, 2.45) is 0 Å². The highest BCUT2D eigenvalue weighted by molar-refractivity contribution is 6.31. The molecule has 1 aliphatic carbocycles. The van der Waals surface area contributed by atoms with Crippen LogP contribution in [0.15, 0.2) is 36.7 Å². The van der Waals surface area contributed by atoms with Crippen LogP contribution in [0.3, 0.4) is 0 Å². The number of fused-ring (bicyclic) bond motifs is 2. The molecule has 2 aliphatic heterocycles. The van der Waals surface area contributed by atoms with Crippen LogP contribution >= 0.6 is 11.6 Å². The molecule has 36 heavy (non-hydrogen) atoms. The summed E-state index contributed by atoms with van der Waals surface area (Å²) in [6.07, 6.45) is 6.13. The molecule has 2 fully saturated rings. The van der Waals surface area contributed by atoms with Gasteiger partial charge in [0.15, 0.2) is 0 Å². The van der Waals surface area contributed by atoms with Crippen molar-refractivity contribution in [2.45, 2.75) is 37.7 Å². The third kappa shape index (κ3) is 4.13. The third-order valence-corrected chi connectivity index (χ3v) is 7.65. The fourth-order valence-corrected chi connectivity index (χ4v) is 5.45. The van der Waals surface area contributed by atoms with Crippen LogP contribution in [-0.2, 0) is 21.3 Å². The molecule has 3 aromatic rings. The van der Waals surface area contributed by atoms with Gasteiger partial charge in [0, 0.05) is 40.1 Å². The number of pyridine rings is 1. The Balaban J connectivity index is 1.44. The minimum Gasteiger partial charge on any atom is -0.488 e. The smallest absolute Gasteiger partial charge is 0.255 e. The number of hydrogen-bond acceptors (Lipinski definition) is 6. The van der Waals surface area contributed by atoms with Gasteiger partial charge in [-0.1, -0.05) is 24.6 Å². The van der Waals surface area contributed by atoms with E-state index in [-0.39, 0.29) is 17.4 Å². The Morgan fingerprint density at radius 2 is 2.17 bits per heavy atom. The van der Waals surface area contributed by atoms with Crippen LogP contribution in [0.25, 0.3) is 11.3 Å². The molecular weight excluding hydrogens is 480 g/mol. The number of H-pyrrole nitrogens is 1. The number of nitrogens with zero attached hydrogens (tertiary/aromatic N) is 1. The molecule has 8 nitrogen and oxygen atoms in total. The zero-order chi connectivity index (χ0) is 24.7. The van der Waals surface area contributed by atoms with Crippen molar-refractivity contribution in [3.8, 4) is 17.0 Å². The maximum atomic E-state index is 13.2. The largest absolute Gasteiger partial charge is 0.488 e. The molecule has 1 amide bonds. The first-order valence-corrected chi connectivity index (χ1v) is 12.8. The SMILES string of the molecule is CCc1c(Cl)cccc1Nc1c(-c2ccncc2OC[C@H]2COCCO2)[nH]c2c1C(=O)NCC21CC1. The number of amides is 1. The predicted octanol–water partition coefficient (Wildman–Crippen LogP) is 4.61. The van der Waals surface area contributed by atoms with Crippen LogP contribution in [-0.4, -0.2) is 55.0 Å². The van der Waals surface area contributed by atoms with Crippen LogP contribution < -0.4 is 15.4 Å². The van der Waals surface area contributed by atoms with Crippen molar-refractivity contribution >= 4 is 28.9 Å². The monoisotopic (exact) mass is 508 g/mol. The van der Waals surface area contributed by atoms with E-state index in [9.17, 15) is 4.79 Å². The molecule has 3 aliphatic rings. The molecule has 1 saturated heterocycles. The molecule has 0 bridgehead atoms. The number of aromatic nitrogens is 2. The molecule has 1 aromatic carbocycles. The van der Waals surface area contributed by atoms with E-state index in [1.165, 1.54) is 0 Å². The van der Waals surface area contributed by atoms with Crippen molar-refractivity contribution in [3.63, 3.8) is 0 Å². The molecule has 2 aromatic heterocycles. The summed E-state index contributed by atoms with van der Waals surface area (Å²) in [5.41, 5.74) is 5.81. The summed E-state index contributed by atoms with van der Waals surface area (Å²) in [5.74, 6) is 0.525. The van der Waals surface area contributed by atoms with Gasteiger partial charge in [-0.2, -0.15) is 0 Å². The predicted molar refractivity (Wildman–Crippen MR) is 137 cm³/mol. The second-order valence-electron chi connectivity index (χ2n) is 9.58. The highest BCUT2D eigenvalue weighted by Crippen LogP contribution is 2.54. The first kappa shape index (κ1) is 23.3. The number of nitrogens with one attached hydrogen (secondary N) is 3. The lowest BCUT2D eigenvalue weighted by Crippen LogP contribution is -2.39. The van der Waals surface area contributed by atoms with Gasteiger partial charge in [-0.05, 0) is 43.0 Å². The fourth-order valence-electron chi connectivity index (χ4n) is 5.14. The standard InChI is InChI=1S/C27H29ClN4O4/c1-2-17-19(28)4-3-5-20(17)31-24-22-25(27(7-8-27)15-30-26(22)33)32-23(24)18-6-9-29-12-21(18)36-14-16-13-34-10-11-35-16/h3-6,9,12,16,31-32H,2,7-8,10-11,13-15H2,1H3,(H,30,33)/t16-/m1/s1. The van der Waals surface area contributed by atoms with E-state index in [0.29, 0.717) is 49.3 Å². The maximum absolute atomic E-state index is 13.2. The number of halogens is 1. The highest BCUT2D eigenvalue weighted by Gasteiger charge is 2.51. The van der Waals surface area contributed by atoms with E-state index in [4.69, 9.17) is 25.8 Å². The fraction of sp³-hybridized carbons (Fsp3) is 0.407. The average molecular weight is 509 g/mol. The molecule has 9 heteroatoms. The molecule has 3 N–H and O–H groups in total. The van der Waals surface area contributed by atoms with Crippen LogP contribution in [0.2, 0.25) is 5.02 Å². The molecule has 1 atom stereocenters. The number of benzene rings is 1. The number of carbonyl (C=O) groups is 1. The lowest BCUT2D eigenvalue weighted by Gasteiger charge is -2.23. The number of anilines is 2. The van der Waals surface area contributed by atoms with E-state index in [1.807, 2.05) is 24.3 Å². The summed E-state index contributed by atoms with van der Waals surface area (Å²) in [5, 5.41) is 7.37. The van der Waals surface area contributed by atoms with Gasteiger partial charge >= 0.3 is 0 Å². The van der Waals surface area contributed by atoms with Crippen LogP contribution in [0.4, 0.5) is 11.4 Å². The number of hydrogen-bond donors (Lipinski definition) is 3. The second kappa shape index (κ2) is 9.42. The van der Waals surface area contributed by atoms with Crippen molar-refractivity contribution in [1.29, 1.82) is 0 Å². The topological polar surface area (TPSA) is 97.5 Å². The Kier molecular flexibility index (Phi) is 6.11. The highest BCUT2D eigenvalue weighted by atomic mass is 35.5. The van der Waals surface area contributed by atoms with Gasteiger partial charge in [-0.3, -0.25) is 9.78 Å². The van der Waals surface area contributed by atoms with Crippen molar-refractivity contribution in [2.75, 3.05) is 38.3 Å². The van der Waals surface area contributed by atoms with Crippen molar-refractivity contribution in [1.82, 2.24) is 15.3 Å². The van der Waals surface area contributed by atoms with Crippen LogP contribution in [0.1, 0.15) is 41.4 Å². The summed E-state index contributed by atoms with van der Waals surface area (Å²) in [6, 6.07) is 7.70. The van der Waals surface area contributed by atoms with E-state index in [1.54, 1.807) is 12.4 Å². The minimum atomic E-state index is -0.139. The summed E-state index contributed by atoms with van der Waals surface area (Å²) in [4.78, 5) is 21.2. The number of carbonyl (C=O) groups excluding carboxylic acids is 1. The van der Waals surface area contributed by atoms with Gasteiger partial charge in [0.1, 0.15) is 18.5 Å². The first-order valence-electron chi connectivity index (χ1n) is 12.5. The quantitative estimate of drug-likeness (QED) is 0.431. The molecule has 4 heterocycles. The molecule has 188 valence electrons. The summed E-state index contributed by atoms with van der Waals surface area (Å²) in [7, 11) is 0. The van der Waals surface area contributed by atoms with Crippen LogP contribution in [0, 0.1) is 0 Å². The van der Waals surface area contributed by atoms with Crippen LogP contribution in [0.5, 0.6) is 5.75 Å². The van der Waals surface area contributed by atoms with Gasteiger partial charge in [0.2, 0.25) is 0 Å². The Morgan fingerprint density at radius 3 is 2.94 bits per heavy atom. The van der Waals surface area contributed by atoms with E-state index in [0.717, 1.165) is 53.2 Å². The first-order chi connectivity index (χ1) is 17.6. The lowest BCUT2D eigenvalue weighted by atomic mass is 9.93. The molecule has 1 spiro atoms. The van der Waals surface area contributed by atoms with Gasteiger partial charge in [0.25, 0.3) is 5.91 Å². The third-order valence-electron chi connectivity index (χ3n) is 7.29. The molecule has 1 saturated carbocycles. The minimum absolute atomic E-state index is 0.0405.